The van der Waals surface area contributed by atoms with E-state index in [4.69, 9.17) is 27.0 Å². The molecule has 74 valence electrons. The van der Waals surface area contributed by atoms with Gasteiger partial charge in [0.05, 0.1) is 13.2 Å². The molecule has 6 N–H and O–H groups in total. The number of aliphatic hydroxyl groups is 6. The SMILES string of the molecule is [3H]OC[C@@H](O)[C@@H](O)[C@H](O)[C@H](O)CO. The first-order chi connectivity index (χ1) is 6.04. The van der Waals surface area contributed by atoms with Gasteiger partial charge in [0.25, 0.3) is 0 Å². The summed E-state index contributed by atoms with van der Waals surface area (Å²) in [5.41, 5.74) is 0. The summed E-state index contributed by atoms with van der Waals surface area (Å²) in [5.74, 6) is 0. The van der Waals surface area contributed by atoms with Crippen molar-refractivity contribution in [2.24, 2.45) is 0 Å². The molecule has 0 aromatic rings. The normalized spacial score (nSPS) is 22.6. The quantitative estimate of drug-likeness (QED) is 0.254. The van der Waals surface area contributed by atoms with E-state index >= 15 is 0 Å². The number of aliphatic hydroxyl groups excluding tert-OH is 6. The highest BCUT2D eigenvalue weighted by Gasteiger charge is 2.29. The van der Waals surface area contributed by atoms with Crippen LogP contribution in [-0.4, -0.2) is 69.7 Å². The minimum absolute atomic E-state index is 0.490. The van der Waals surface area contributed by atoms with Crippen molar-refractivity contribution in [1.82, 2.24) is 0 Å². The van der Waals surface area contributed by atoms with Gasteiger partial charge in [-0.25, -0.2) is 0 Å². The Morgan fingerprint density at radius 3 is 1.67 bits per heavy atom. The van der Waals surface area contributed by atoms with Gasteiger partial charge in [-0.05, 0) is 0 Å². The van der Waals surface area contributed by atoms with Crippen LogP contribution in [0.15, 0.2) is 0 Å². The molecular weight excluding hydrogens is 168 g/mol. The molecule has 0 unspecified atom stereocenters. The molecule has 0 rings (SSSR count). The predicted octanol–water partition coefficient (Wildman–Crippen LogP) is -3.59. The Kier molecular flexibility index (Phi) is 4.44. The summed E-state index contributed by atoms with van der Waals surface area (Å²) in [6.45, 7) is -1.22. The van der Waals surface area contributed by atoms with Crippen molar-refractivity contribution in [2.75, 3.05) is 13.2 Å². The fourth-order valence-corrected chi connectivity index (χ4v) is 0.662. The van der Waals surface area contributed by atoms with Crippen molar-refractivity contribution < 1.29 is 30.6 Å². The predicted molar refractivity (Wildman–Crippen MR) is 38.2 cm³/mol. The lowest BCUT2D eigenvalue weighted by atomic mass is 10.0. The molecular formula is C6H14O6. The van der Waals surface area contributed by atoms with Crippen LogP contribution in [-0.2, 0) is 0 Å². The Bertz CT molecular complexity index is 134. The molecule has 0 saturated carbocycles. The second-order valence-corrected chi connectivity index (χ2v) is 2.47. The summed E-state index contributed by atoms with van der Waals surface area (Å²) >= 11 is 0. The van der Waals surface area contributed by atoms with Crippen molar-refractivity contribution in [2.45, 2.75) is 24.4 Å². The van der Waals surface area contributed by atoms with Crippen LogP contribution in [0.2, 0.25) is 0 Å². The van der Waals surface area contributed by atoms with E-state index in [9.17, 15) is 0 Å². The standard InChI is InChI=1S/C6H14O6/c7-1-3(9)5(11)6(12)4(10)2-8/h3-12H,1-2H2/t3-,4-,5-,6-/m1/s1/i7T. The zero-order valence-electron chi connectivity index (χ0n) is 7.37. The van der Waals surface area contributed by atoms with Gasteiger partial charge in [0.2, 0.25) is 1.43 Å². The van der Waals surface area contributed by atoms with Crippen LogP contribution in [0.5, 0.6) is 0 Å². The van der Waals surface area contributed by atoms with E-state index in [0.717, 1.165) is 0 Å². The molecule has 0 saturated heterocycles. The molecule has 0 heterocycles. The first kappa shape index (κ1) is 9.85. The van der Waals surface area contributed by atoms with Gasteiger partial charge in [-0.1, -0.05) is 0 Å². The lowest BCUT2D eigenvalue weighted by Gasteiger charge is -2.24. The third-order valence-electron chi connectivity index (χ3n) is 1.50. The molecule has 0 radical (unpaired) electrons. The van der Waals surface area contributed by atoms with Crippen LogP contribution in [0.25, 0.3) is 0 Å². The van der Waals surface area contributed by atoms with E-state index in [1.807, 2.05) is 0 Å². The molecule has 0 amide bonds. The fraction of sp³-hybridized carbons (Fsp3) is 1.00. The van der Waals surface area contributed by atoms with E-state index in [-0.39, 0.29) is 0 Å². The minimum Gasteiger partial charge on any atom is -0.394 e. The van der Waals surface area contributed by atoms with Crippen LogP contribution in [0.1, 0.15) is 0 Å². The molecule has 4 atom stereocenters. The second kappa shape index (κ2) is 5.41. The molecule has 12 heavy (non-hydrogen) atoms. The monoisotopic (exact) mass is 184 g/mol. The molecule has 0 aliphatic carbocycles. The zero-order valence-corrected chi connectivity index (χ0v) is 6.37. The summed E-state index contributed by atoms with van der Waals surface area (Å²) in [7, 11) is 0. The van der Waals surface area contributed by atoms with Gasteiger partial charge in [0.1, 0.15) is 24.4 Å². The Morgan fingerprint density at radius 2 is 1.33 bits per heavy atom. The van der Waals surface area contributed by atoms with Crippen LogP contribution >= 0.6 is 0 Å². The van der Waals surface area contributed by atoms with E-state index in [2.05, 4.69) is 5.11 Å². The average molecular weight is 184 g/mol. The lowest BCUT2D eigenvalue weighted by molar-refractivity contribution is -0.123. The smallest absolute Gasteiger partial charge is 0.210 e. The van der Waals surface area contributed by atoms with Gasteiger partial charge in [-0.15, -0.1) is 0 Å². The molecule has 0 bridgehead atoms. The minimum atomic E-state index is -1.67. The van der Waals surface area contributed by atoms with Crippen molar-refractivity contribution >= 4 is 0 Å². The number of hydrogen-bond acceptors (Lipinski definition) is 6. The summed E-state index contributed by atoms with van der Waals surface area (Å²) in [6.07, 6.45) is -6.34. The zero-order chi connectivity index (χ0) is 10.4. The third-order valence-corrected chi connectivity index (χ3v) is 1.50. The average Bonchev–Trinajstić information content (AvgIpc) is 2.14. The Balaban J connectivity index is 3.99. The highest BCUT2D eigenvalue weighted by atomic mass is 16.4. The molecule has 0 aliphatic heterocycles. The van der Waals surface area contributed by atoms with Crippen molar-refractivity contribution in [3.63, 3.8) is 0 Å². The molecule has 0 aromatic heterocycles. The fourth-order valence-electron chi connectivity index (χ4n) is 0.662. The molecule has 6 heteroatoms. The number of rotatable bonds is 6. The highest BCUT2D eigenvalue weighted by molar-refractivity contribution is 4.79. The van der Waals surface area contributed by atoms with Crippen LogP contribution in [0.4, 0.5) is 0 Å². The summed E-state index contributed by atoms with van der Waals surface area (Å²) in [6, 6.07) is 0. The van der Waals surface area contributed by atoms with Gasteiger partial charge >= 0.3 is 0 Å². The maximum Gasteiger partial charge on any atom is 0.210 e. The molecule has 0 fully saturated rings. The summed E-state index contributed by atoms with van der Waals surface area (Å²) in [4.78, 5) is 0. The van der Waals surface area contributed by atoms with Gasteiger partial charge in [0, 0.05) is 0 Å². The summed E-state index contributed by atoms with van der Waals surface area (Å²) in [5, 5.41) is 48.1. The molecule has 6 nitrogen and oxygen atoms in total. The first-order valence-corrected chi connectivity index (χ1v) is 3.45. The number of hydrogen-bond donors (Lipinski definition) is 6. The van der Waals surface area contributed by atoms with Gasteiger partial charge in [-0.2, -0.15) is 0 Å². The highest BCUT2D eigenvalue weighted by Crippen LogP contribution is 2.03. The van der Waals surface area contributed by atoms with E-state index in [1.54, 1.807) is 0 Å². The maximum absolute atomic E-state index is 9.08. The third kappa shape index (κ3) is 3.02. The molecule has 0 spiro atoms. The maximum atomic E-state index is 9.08. The van der Waals surface area contributed by atoms with Crippen molar-refractivity contribution in [3.8, 4) is 0 Å². The van der Waals surface area contributed by atoms with Crippen LogP contribution in [0.3, 0.4) is 0 Å². The van der Waals surface area contributed by atoms with Gasteiger partial charge in [-0.3, -0.25) is 0 Å². The largest absolute Gasteiger partial charge is 0.394 e. The Labute approximate surface area is 70.8 Å². The lowest BCUT2D eigenvalue weighted by Crippen LogP contribution is -2.46. The van der Waals surface area contributed by atoms with Crippen molar-refractivity contribution in [3.05, 3.63) is 0 Å². The Morgan fingerprint density at radius 1 is 0.917 bits per heavy atom. The topological polar surface area (TPSA) is 121 Å². The summed E-state index contributed by atoms with van der Waals surface area (Å²) < 4.78 is 6.25. The Hall–Kier alpha value is -0.240. The first-order valence-electron chi connectivity index (χ1n) is 3.86. The second-order valence-electron chi connectivity index (χ2n) is 2.47. The van der Waals surface area contributed by atoms with Crippen molar-refractivity contribution in [1.29, 1.82) is 1.43 Å². The van der Waals surface area contributed by atoms with Crippen LogP contribution in [0, 0.1) is 0 Å². The van der Waals surface area contributed by atoms with Crippen LogP contribution < -0.4 is 0 Å². The van der Waals surface area contributed by atoms with E-state index in [0.29, 0.717) is 0 Å². The van der Waals surface area contributed by atoms with E-state index < -0.39 is 37.6 Å². The van der Waals surface area contributed by atoms with Gasteiger partial charge < -0.3 is 30.6 Å². The molecule has 0 aromatic carbocycles. The molecule has 0 aliphatic rings. The van der Waals surface area contributed by atoms with E-state index in [1.165, 1.54) is 0 Å². The van der Waals surface area contributed by atoms with Gasteiger partial charge in [0.15, 0.2) is 0 Å².